The van der Waals surface area contributed by atoms with Crippen LogP contribution in [0.5, 0.6) is 0 Å². The van der Waals surface area contributed by atoms with Crippen molar-refractivity contribution in [3.63, 3.8) is 0 Å². The molecule has 5 nitrogen and oxygen atoms in total. The second kappa shape index (κ2) is 4.30. The summed E-state index contributed by atoms with van der Waals surface area (Å²) in [5, 5.41) is 11.4. The Balaban J connectivity index is 2.46. The summed E-state index contributed by atoms with van der Waals surface area (Å²) in [7, 11) is 0. The molecule has 0 heterocycles. The first-order chi connectivity index (χ1) is 6.50. The zero-order valence-corrected chi connectivity index (χ0v) is 8.49. The molecule has 1 rings (SSSR count). The molecule has 0 saturated heterocycles. The lowest BCUT2D eigenvalue weighted by Crippen LogP contribution is -2.47. The molecule has 0 bridgehead atoms. The summed E-state index contributed by atoms with van der Waals surface area (Å²) in [4.78, 5) is 23.3. The number of aliphatic carboxylic acids is 1. The van der Waals surface area contributed by atoms with Crippen molar-refractivity contribution in [3.05, 3.63) is 0 Å². The molecule has 0 aromatic carbocycles. The number of carbonyl (C=O) groups is 2. The molecule has 0 radical (unpaired) electrons. The van der Waals surface area contributed by atoms with Gasteiger partial charge in [-0.2, -0.15) is 0 Å². The third-order valence-electron chi connectivity index (χ3n) is 2.09. The predicted molar refractivity (Wildman–Crippen MR) is 51.0 cm³/mol. The number of amides is 2. The average Bonchev–Trinajstić information content (AvgIpc) is 2.82. The molecule has 2 amide bonds. The number of hydrogen-bond donors (Lipinski definition) is 2. The monoisotopic (exact) mass is 200 g/mol. The highest BCUT2D eigenvalue weighted by molar-refractivity contribution is 5.80. The lowest BCUT2D eigenvalue weighted by molar-refractivity contribution is -0.138. The Hall–Kier alpha value is -1.26. The molecule has 0 spiro atoms. The topological polar surface area (TPSA) is 69.6 Å². The third-order valence-corrected chi connectivity index (χ3v) is 2.09. The molecular weight excluding hydrogens is 184 g/mol. The maximum absolute atomic E-state index is 11.5. The summed E-state index contributed by atoms with van der Waals surface area (Å²) in [6.45, 7) is 3.36. The molecule has 14 heavy (non-hydrogen) atoms. The van der Waals surface area contributed by atoms with E-state index in [0.29, 0.717) is 0 Å². The number of carboxylic acids is 1. The van der Waals surface area contributed by atoms with Crippen LogP contribution >= 0.6 is 0 Å². The maximum atomic E-state index is 11.5. The van der Waals surface area contributed by atoms with E-state index in [4.69, 9.17) is 5.11 Å². The van der Waals surface area contributed by atoms with Gasteiger partial charge < -0.3 is 15.3 Å². The number of urea groups is 1. The van der Waals surface area contributed by atoms with E-state index in [0.717, 1.165) is 12.8 Å². The van der Waals surface area contributed by atoms with Crippen molar-refractivity contribution in [1.82, 2.24) is 10.2 Å². The molecular formula is C9H16N2O3. The first kappa shape index (κ1) is 10.8. The van der Waals surface area contributed by atoms with Crippen molar-refractivity contribution in [1.29, 1.82) is 0 Å². The Bertz CT molecular complexity index is 236. The van der Waals surface area contributed by atoms with Crippen LogP contribution in [0.15, 0.2) is 0 Å². The summed E-state index contributed by atoms with van der Waals surface area (Å²) in [5.74, 6) is -0.982. The minimum Gasteiger partial charge on any atom is -0.480 e. The van der Waals surface area contributed by atoms with Gasteiger partial charge in [-0.15, -0.1) is 0 Å². The van der Waals surface area contributed by atoms with Crippen molar-refractivity contribution in [2.45, 2.75) is 38.8 Å². The van der Waals surface area contributed by atoms with Crippen LogP contribution in [-0.2, 0) is 4.79 Å². The van der Waals surface area contributed by atoms with Crippen LogP contribution in [0.2, 0.25) is 0 Å². The smallest absolute Gasteiger partial charge is 0.323 e. The highest BCUT2D eigenvalue weighted by atomic mass is 16.4. The first-order valence-corrected chi connectivity index (χ1v) is 4.79. The van der Waals surface area contributed by atoms with E-state index in [1.54, 1.807) is 13.8 Å². The zero-order valence-electron chi connectivity index (χ0n) is 8.49. The Morgan fingerprint density at radius 2 is 2.07 bits per heavy atom. The van der Waals surface area contributed by atoms with Crippen LogP contribution in [0.3, 0.4) is 0 Å². The SMILES string of the molecule is CC(C)N(CC(=O)O)C(=O)NC1CC1. The number of carboxylic acid groups (broad SMARTS) is 1. The largest absolute Gasteiger partial charge is 0.480 e. The van der Waals surface area contributed by atoms with E-state index in [9.17, 15) is 9.59 Å². The van der Waals surface area contributed by atoms with Gasteiger partial charge in [0.2, 0.25) is 0 Å². The number of nitrogens with zero attached hydrogens (tertiary/aromatic N) is 1. The molecule has 1 aliphatic carbocycles. The number of rotatable bonds is 4. The minimum atomic E-state index is -0.982. The van der Waals surface area contributed by atoms with Gasteiger partial charge in [0.25, 0.3) is 0 Å². The lowest BCUT2D eigenvalue weighted by Gasteiger charge is -2.24. The molecule has 0 aromatic heterocycles. The van der Waals surface area contributed by atoms with Gasteiger partial charge in [-0.05, 0) is 26.7 Å². The summed E-state index contributed by atoms with van der Waals surface area (Å²) < 4.78 is 0. The van der Waals surface area contributed by atoms with Crippen molar-refractivity contribution in [2.75, 3.05) is 6.54 Å². The van der Waals surface area contributed by atoms with E-state index in [1.165, 1.54) is 4.90 Å². The summed E-state index contributed by atoms with van der Waals surface area (Å²) in [5.41, 5.74) is 0. The number of nitrogens with one attached hydrogen (secondary N) is 1. The van der Waals surface area contributed by atoms with Crippen LogP contribution in [-0.4, -0.2) is 40.6 Å². The van der Waals surface area contributed by atoms with Gasteiger partial charge >= 0.3 is 12.0 Å². The fourth-order valence-electron chi connectivity index (χ4n) is 1.12. The van der Waals surface area contributed by atoms with Gasteiger partial charge in [0.15, 0.2) is 0 Å². The van der Waals surface area contributed by atoms with Gasteiger partial charge in [-0.25, -0.2) is 4.79 Å². The molecule has 5 heteroatoms. The molecule has 80 valence electrons. The second-order valence-corrected chi connectivity index (χ2v) is 3.84. The molecule has 0 aromatic rings. The summed E-state index contributed by atoms with van der Waals surface area (Å²) >= 11 is 0. The molecule has 1 aliphatic rings. The van der Waals surface area contributed by atoms with E-state index in [1.807, 2.05) is 0 Å². The van der Waals surface area contributed by atoms with Crippen molar-refractivity contribution in [2.24, 2.45) is 0 Å². The van der Waals surface area contributed by atoms with Crippen LogP contribution in [0.25, 0.3) is 0 Å². The number of carbonyl (C=O) groups excluding carboxylic acids is 1. The molecule has 0 aliphatic heterocycles. The van der Waals surface area contributed by atoms with E-state index in [2.05, 4.69) is 5.32 Å². The normalized spacial score (nSPS) is 15.4. The first-order valence-electron chi connectivity index (χ1n) is 4.79. The highest BCUT2D eigenvalue weighted by Crippen LogP contribution is 2.19. The van der Waals surface area contributed by atoms with Crippen molar-refractivity contribution >= 4 is 12.0 Å². The molecule has 0 unspecified atom stereocenters. The highest BCUT2D eigenvalue weighted by Gasteiger charge is 2.27. The average molecular weight is 200 g/mol. The van der Waals surface area contributed by atoms with Crippen LogP contribution in [0.4, 0.5) is 4.79 Å². The molecule has 0 atom stereocenters. The summed E-state index contributed by atoms with van der Waals surface area (Å²) in [6, 6.07) is -0.104. The Morgan fingerprint density at radius 1 is 1.50 bits per heavy atom. The maximum Gasteiger partial charge on any atom is 0.323 e. The summed E-state index contributed by atoms with van der Waals surface area (Å²) in [6.07, 6.45) is 2.01. The van der Waals surface area contributed by atoms with Gasteiger partial charge in [0, 0.05) is 12.1 Å². The molecule has 1 fully saturated rings. The quantitative estimate of drug-likeness (QED) is 0.700. The van der Waals surface area contributed by atoms with Crippen molar-refractivity contribution < 1.29 is 14.7 Å². The van der Waals surface area contributed by atoms with E-state index >= 15 is 0 Å². The minimum absolute atomic E-state index is 0.0927. The Kier molecular flexibility index (Phi) is 3.33. The van der Waals surface area contributed by atoms with Gasteiger partial charge in [-0.1, -0.05) is 0 Å². The van der Waals surface area contributed by atoms with Crippen LogP contribution in [0, 0.1) is 0 Å². The van der Waals surface area contributed by atoms with E-state index in [-0.39, 0.29) is 24.7 Å². The number of hydrogen-bond acceptors (Lipinski definition) is 2. The lowest BCUT2D eigenvalue weighted by atomic mass is 10.3. The fraction of sp³-hybridized carbons (Fsp3) is 0.778. The van der Waals surface area contributed by atoms with Gasteiger partial charge in [0.1, 0.15) is 6.54 Å². The Morgan fingerprint density at radius 3 is 2.43 bits per heavy atom. The molecule has 2 N–H and O–H groups in total. The van der Waals surface area contributed by atoms with Crippen LogP contribution in [0.1, 0.15) is 26.7 Å². The van der Waals surface area contributed by atoms with Gasteiger partial charge in [0.05, 0.1) is 0 Å². The van der Waals surface area contributed by atoms with Gasteiger partial charge in [-0.3, -0.25) is 4.79 Å². The third kappa shape index (κ3) is 3.24. The second-order valence-electron chi connectivity index (χ2n) is 3.84. The zero-order chi connectivity index (χ0) is 10.7. The fourth-order valence-corrected chi connectivity index (χ4v) is 1.12. The predicted octanol–water partition coefficient (Wildman–Crippen LogP) is 0.653. The van der Waals surface area contributed by atoms with Crippen LogP contribution < -0.4 is 5.32 Å². The Labute approximate surface area is 83.1 Å². The molecule has 1 saturated carbocycles. The standard InChI is InChI=1S/C9H16N2O3/c1-6(2)11(5-8(12)13)9(14)10-7-3-4-7/h6-7H,3-5H2,1-2H3,(H,10,14)(H,12,13). The van der Waals surface area contributed by atoms with E-state index < -0.39 is 5.97 Å². The van der Waals surface area contributed by atoms with Crippen molar-refractivity contribution in [3.8, 4) is 0 Å².